The third kappa shape index (κ3) is 8.03. The molecule has 0 aliphatic heterocycles. The molecule has 0 atom stereocenters. The highest BCUT2D eigenvalue weighted by Crippen LogP contribution is 2.05. The van der Waals surface area contributed by atoms with Gasteiger partial charge in [-0.1, -0.05) is 32.0 Å². The van der Waals surface area contributed by atoms with Gasteiger partial charge in [0, 0.05) is 12.2 Å². The van der Waals surface area contributed by atoms with Crippen molar-refractivity contribution in [2.24, 2.45) is 0 Å². The Morgan fingerprint density at radius 2 is 1.84 bits per heavy atom. The summed E-state index contributed by atoms with van der Waals surface area (Å²) in [5.74, 6) is 0. The molecule has 0 radical (unpaired) electrons. The summed E-state index contributed by atoms with van der Waals surface area (Å²) in [6, 6.07) is 9.83. The number of hydrogen-bond donors (Lipinski definition) is 1. The Balaban J connectivity index is 0.00000324. The first-order chi connectivity index (χ1) is 8.76. The van der Waals surface area contributed by atoms with Gasteiger partial charge >= 0.3 is 0 Å². The zero-order chi connectivity index (χ0) is 13.2. The molecule has 0 saturated carbocycles. The largest absolute Gasteiger partial charge is 0.471 e. The Hall–Kier alpha value is -0.840. The summed E-state index contributed by atoms with van der Waals surface area (Å²) in [6.45, 7) is 8.24. The lowest BCUT2D eigenvalue weighted by Crippen LogP contribution is -2.25. The zero-order valence-corrected chi connectivity index (χ0v) is 13.2. The van der Waals surface area contributed by atoms with Gasteiger partial charge in [-0.3, -0.25) is 0 Å². The standard InChI is InChI=1S/C14H22N2OS.ClH/c1-3-16(4-2)11-8-12-17-14(18)15-13-9-6-5-7-10-13;/h5-7,9-10H,3-4,8,11-12H2,1-2H3,(H,15,18);1H. The van der Waals surface area contributed by atoms with E-state index in [9.17, 15) is 0 Å². The van der Waals surface area contributed by atoms with Crippen LogP contribution in [0, 0.1) is 0 Å². The minimum Gasteiger partial charge on any atom is -0.471 e. The minimum absolute atomic E-state index is 0. The van der Waals surface area contributed by atoms with Gasteiger partial charge in [0.2, 0.25) is 0 Å². The quantitative estimate of drug-likeness (QED) is 0.615. The summed E-state index contributed by atoms with van der Waals surface area (Å²) in [4.78, 5) is 2.37. The number of nitrogens with zero attached hydrogens (tertiary/aromatic N) is 1. The molecule has 19 heavy (non-hydrogen) atoms. The zero-order valence-electron chi connectivity index (χ0n) is 11.6. The highest BCUT2D eigenvalue weighted by atomic mass is 35.5. The maximum atomic E-state index is 5.48. The van der Waals surface area contributed by atoms with Gasteiger partial charge in [-0.25, -0.2) is 0 Å². The number of rotatable bonds is 7. The fourth-order valence-corrected chi connectivity index (χ4v) is 1.87. The molecular weight excluding hydrogens is 280 g/mol. The lowest BCUT2D eigenvalue weighted by molar-refractivity contribution is 0.246. The number of thiocarbonyl (C=S) groups is 1. The van der Waals surface area contributed by atoms with Crippen LogP contribution in [0.5, 0.6) is 0 Å². The summed E-state index contributed by atoms with van der Waals surface area (Å²) in [7, 11) is 0. The average Bonchev–Trinajstić information content (AvgIpc) is 2.40. The van der Waals surface area contributed by atoms with Gasteiger partial charge in [0.25, 0.3) is 5.17 Å². The summed E-state index contributed by atoms with van der Waals surface area (Å²) >= 11 is 5.12. The molecule has 0 unspecified atom stereocenters. The van der Waals surface area contributed by atoms with Crippen molar-refractivity contribution in [2.75, 3.05) is 31.6 Å². The van der Waals surface area contributed by atoms with Gasteiger partial charge in [0.05, 0.1) is 6.61 Å². The number of para-hydroxylation sites is 1. The van der Waals surface area contributed by atoms with Gasteiger partial charge in [-0.15, -0.1) is 12.4 Å². The molecule has 0 aromatic heterocycles. The van der Waals surface area contributed by atoms with Crippen LogP contribution in [0.1, 0.15) is 20.3 Å². The molecule has 1 rings (SSSR count). The molecule has 108 valence electrons. The fourth-order valence-electron chi connectivity index (χ4n) is 1.67. The third-order valence-corrected chi connectivity index (χ3v) is 2.99. The molecule has 5 heteroatoms. The molecule has 0 amide bonds. The molecule has 0 aliphatic carbocycles. The third-order valence-electron chi connectivity index (χ3n) is 2.77. The van der Waals surface area contributed by atoms with Gasteiger partial charge in [0.15, 0.2) is 0 Å². The summed E-state index contributed by atoms with van der Waals surface area (Å²) in [5, 5.41) is 3.50. The van der Waals surface area contributed by atoms with Crippen LogP contribution in [0.2, 0.25) is 0 Å². The molecule has 0 bridgehead atoms. The van der Waals surface area contributed by atoms with E-state index >= 15 is 0 Å². The number of anilines is 1. The molecule has 1 N–H and O–H groups in total. The second-order valence-electron chi connectivity index (χ2n) is 4.01. The number of hydrogen-bond acceptors (Lipinski definition) is 3. The highest BCUT2D eigenvalue weighted by Gasteiger charge is 2.00. The van der Waals surface area contributed by atoms with Gasteiger partial charge in [-0.2, -0.15) is 0 Å². The van der Waals surface area contributed by atoms with Crippen molar-refractivity contribution >= 4 is 35.5 Å². The maximum Gasteiger partial charge on any atom is 0.261 e. The number of ether oxygens (including phenoxy) is 1. The molecule has 0 heterocycles. The van der Waals surface area contributed by atoms with E-state index in [4.69, 9.17) is 17.0 Å². The fraction of sp³-hybridized carbons (Fsp3) is 0.500. The number of nitrogens with one attached hydrogen (secondary N) is 1. The summed E-state index contributed by atoms with van der Waals surface area (Å²) in [5.41, 5.74) is 0.964. The van der Waals surface area contributed by atoms with E-state index in [1.54, 1.807) is 0 Å². The van der Waals surface area contributed by atoms with Crippen molar-refractivity contribution in [2.45, 2.75) is 20.3 Å². The molecule has 0 fully saturated rings. The lowest BCUT2D eigenvalue weighted by Gasteiger charge is -2.17. The van der Waals surface area contributed by atoms with Crippen LogP contribution in [0.3, 0.4) is 0 Å². The second-order valence-corrected chi connectivity index (χ2v) is 4.38. The monoisotopic (exact) mass is 302 g/mol. The molecule has 1 aromatic carbocycles. The first-order valence-corrected chi connectivity index (χ1v) is 6.88. The Morgan fingerprint density at radius 3 is 2.42 bits per heavy atom. The van der Waals surface area contributed by atoms with Crippen LogP contribution in [0.25, 0.3) is 0 Å². The molecule has 0 spiro atoms. The van der Waals surface area contributed by atoms with Crippen LogP contribution in [-0.2, 0) is 4.74 Å². The van der Waals surface area contributed by atoms with Gasteiger partial charge in [0.1, 0.15) is 0 Å². The average molecular weight is 303 g/mol. The van der Waals surface area contributed by atoms with E-state index in [-0.39, 0.29) is 12.4 Å². The summed E-state index contributed by atoms with van der Waals surface area (Å²) in [6.07, 6.45) is 0.998. The SMILES string of the molecule is CCN(CC)CCCOC(=S)Nc1ccccc1.Cl. The Labute approximate surface area is 127 Å². The predicted molar refractivity (Wildman–Crippen MR) is 88.3 cm³/mol. The van der Waals surface area contributed by atoms with Crippen LogP contribution in [0.15, 0.2) is 30.3 Å². The van der Waals surface area contributed by atoms with Crippen molar-refractivity contribution in [1.82, 2.24) is 4.90 Å². The van der Waals surface area contributed by atoms with Crippen molar-refractivity contribution in [3.05, 3.63) is 30.3 Å². The smallest absolute Gasteiger partial charge is 0.261 e. The topological polar surface area (TPSA) is 24.5 Å². The first kappa shape index (κ1) is 18.2. The van der Waals surface area contributed by atoms with Crippen LogP contribution >= 0.6 is 24.6 Å². The van der Waals surface area contributed by atoms with Crippen molar-refractivity contribution < 1.29 is 4.74 Å². The Kier molecular flexibility index (Phi) is 10.5. The van der Waals surface area contributed by atoms with Crippen molar-refractivity contribution in [1.29, 1.82) is 0 Å². The number of halogens is 1. The molecule has 0 saturated heterocycles. The van der Waals surface area contributed by atoms with Crippen LogP contribution < -0.4 is 5.32 Å². The Bertz CT molecular complexity index is 345. The second kappa shape index (κ2) is 11.0. The Morgan fingerprint density at radius 1 is 1.21 bits per heavy atom. The van der Waals surface area contributed by atoms with Crippen LogP contribution in [0.4, 0.5) is 5.69 Å². The highest BCUT2D eigenvalue weighted by molar-refractivity contribution is 7.80. The van der Waals surface area contributed by atoms with E-state index in [0.29, 0.717) is 11.8 Å². The van der Waals surface area contributed by atoms with E-state index in [2.05, 4.69) is 24.1 Å². The maximum absolute atomic E-state index is 5.48. The van der Waals surface area contributed by atoms with Crippen LogP contribution in [-0.4, -0.2) is 36.3 Å². The van der Waals surface area contributed by atoms with Gasteiger partial charge < -0.3 is 15.0 Å². The predicted octanol–water partition coefficient (Wildman–Crippen LogP) is 3.55. The molecular formula is C14H23ClN2OS. The normalized spacial score (nSPS) is 9.84. The lowest BCUT2D eigenvalue weighted by atomic mass is 10.3. The van der Waals surface area contributed by atoms with E-state index in [1.165, 1.54) is 0 Å². The van der Waals surface area contributed by atoms with Gasteiger partial charge in [-0.05, 0) is 43.9 Å². The summed E-state index contributed by atoms with van der Waals surface area (Å²) < 4.78 is 5.48. The van der Waals surface area contributed by atoms with Crippen molar-refractivity contribution in [3.8, 4) is 0 Å². The van der Waals surface area contributed by atoms with E-state index in [1.807, 2.05) is 30.3 Å². The number of benzene rings is 1. The molecule has 1 aromatic rings. The molecule has 0 aliphatic rings. The first-order valence-electron chi connectivity index (χ1n) is 6.47. The molecule has 3 nitrogen and oxygen atoms in total. The van der Waals surface area contributed by atoms with E-state index in [0.717, 1.165) is 31.7 Å². The van der Waals surface area contributed by atoms with Crippen molar-refractivity contribution in [3.63, 3.8) is 0 Å². The minimum atomic E-state index is 0. The van der Waals surface area contributed by atoms with E-state index < -0.39 is 0 Å².